The van der Waals surface area contributed by atoms with Crippen molar-refractivity contribution < 1.29 is 4.74 Å². The molecule has 0 amide bonds. The summed E-state index contributed by atoms with van der Waals surface area (Å²) in [5.74, 6) is 0. The van der Waals surface area contributed by atoms with Gasteiger partial charge >= 0.3 is 0 Å². The fourth-order valence-corrected chi connectivity index (χ4v) is 2.59. The number of piperidine rings is 1. The normalized spacial score (nSPS) is 20.4. The van der Waals surface area contributed by atoms with Crippen molar-refractivity contribution in [1.29, 1.82) is 0 Å². The van der Waals surface area contributed by atoms with E-state index in [1.54, 1.807) is 0 Å². The number of fused-ring (bicyclic) bond motifs is 1. The van der Waals surface area contributed by atoms with Crippen molar-refractivity contribution in [3.63, 3.8) is 0 Å². The number of para-hydroxylation sites is 1. The molecule has 2 aliphatic rings. The summed E-state index contributed by atoms with van der Waals surface area (Å²) < 4.78 is 5.65. The smallest absolute Gasteiger partial charge is 0.0737 e. The molecule has 3 rings (SSSR count). The number of nitrogens with zero attached hydrogens (tertiary/aromatic N) is 2. The molecule has 2 heterocycles. The first-order valence-electron chi connectivity index (χ1n) is 7.14. The lowest BCUT2D eigenvalue weighted by molar-refractivity contribution is 0.117. The quantitative estimate of drug-likeness (QED) is 0.839. The van der Waals surface area contributed by atoms with Crippen LogP contribution in [-0.4, -0.2) is 32.0 Å². The Labute approximate surface area is 114 Å². The topological polar surface area (TPSA) is 36.9 Å². The molecule has 0 spiro atoms. The number of ether oxygens (including phenoxy) is 1. The number of hydrogen-bond donors (Lipinski definition) is 1. The van der Waals surface area contributed by atoms with E-state index in [0.717, 1.165) is 45.5 Å². The van der Waals surface area contributed by atoms with Crippen molar-refractivity contribution in [2.75, 3.05) is 31.3 Å². The largest absolute Gasteiger partial charge is 0.377 e. The Bertz CT molecular complexity index is 450. The fraction of sp³-hybridized carbons (Fsp3) is 0.533. The minimum Gasteiger partial charge on any atom is -0.377 e. The van der Waals surface area contributed by atoms with Crippen LogP contribution < -0.4 is 10.3 Å². The molecular formula is C15H21N3O. The summed E-state index contributed by atoms with van der Waals surface area (Å²) in [4.78, 5) is 0. The molecule has 0 saturated carbocycles. The fourth-order valence-electron chi connectivity index (χ4n) is 2.59. The molecule has 4 heteroatoms. The molecule has 1 fully saturated rings. The second-order valence-electron chi connectivity index (χ2n) is 5.07. The van der Waals surface area contributed by atoms with E-state index in [1.807, 2.05) is 0 Å². The van der Waals surface area contributed by atoms with Crippen LogP contribution in [0.3, 0.4) is 0 Å². The van der Waals surface area contributed by atoms with Gasteiger partial charge in [-0.05, 0) is 12.5 Å². The number of nitrogens with one attached hydrogen (secondary N) is 1. The third-order valence-corrected chi connectivity index (χ3v) is 3.63. The van der Waals surface area contributed by atoms with Gasteiger partial charge in [0.15, 0.2) is 0 Å². The van der Waals surface area contributed by atoms with E-state index in [-0.39, 0.29) is 0 Å². The van der Waals surface area contributed by atoms with Crippen LogP contribution in [0.5, 0.6) is 0 Å². The first kappa shape index (κ1) is 12.6. The molecule has 0 radical (unpaired) electrons. The third kappa shape index (κ3) is 3.14. The van der Waals surface area contributed by atoms with Gasteiger partial charge < -0.3 is 10.1 Å². The van der Waals surface area contributed by atoms with Gasteiger partial charge in [-0.25, -0.2) is 0 Å². The number of anilines is 1. The van der Waals surface area contributed by atoms with Crippen molar-refractivity contribution >= 4 is 11.4 Å². The van der Waals surface area contributed by atoms with E-state index < -0.39 is 0 Å². The van der Waals surface area contributed by atoms with Crippen LogP contribution >= 0.6 is 0 Å². The Morgan fingerprint density at radius 2 is 2.00 bits per heavy atom. The zero-order valence-corrected chi connectivity index (χ0v) is 11.3. The molecule has 4 nitrogen and oxygen atoms in total. The van der Waals surface area contributed by atoms with Gasteiger partial charge in [0.05, 0.1) is 12.3 Å². The van der Waals surface area contributed by atoms with Gasteiger partial charge in [-0.1, -0.05) is 18.2 Å². The molecule has 1 aromatic carbocycles. The van der Waals surface area contributed by atoms with E-state index in [9.17, 15) is 0 Å². The number of hydrogen-bond acceptors (Lipinski definition) is 4. The van der Waals surface area contributed by atoms with E-state index >= 15 is 0 Å². The van der Waals surface area contributed by atoms with Gasteiger partial charge in [0.2, 0.25) is 0 Å². The molecule has 19 heavy (non-hydrogen) atoms. The van der Waals surface area contributed by atoms with Crippen molar-refractivity contribution in [1.82, 2.24) is 5.32 Å². The first-order valence-corrected chi connectivity index (χ1v) is 7.14. The van der Waals surface area contributed by atoms with E-state index in [0.29, 0.717) is 6.61 Å². The van der Waals surface area contributed by atoms with Crippen molar-refractivity contribution in [3.8, 4) is 0 Å². The summed E-state index contributed by atoms with van der Waals surface area (Å²) in [5.41, 5.74) is 3.75. The van der Waals surface area contributed by atoms with Crippen LogP contribution in [-0.2, 0) is 11.3 Å². The number of rotatable bonds is 1. The molecule has 1 N–H and O–H groups in total. The molecule has 0 aliphatic carbocycles. The summed E-state index contributed by atoms with van der Waals surface area (Å²) in [7, 11) is 0. The first-order chi connectivity index (χ1) is 9.43. The lowest BCUT2D eigenvalue weighted by Crippen LogP contribution is -2.31. The highest BCUT2D eigenvalue weighted by Gasteiger charge is 2.15. The molecule has 0 unspecified atom stereocenters. The van der Waals surface area contributed by atoms with Crippen LogP contribution in [0, 0.1) is 0 Å². The van der Waals surface area contributed by atoms with Crippen molar-refractivity contribution in [2.24, 2.45) is 5.10 Å². The summed E-state index contributed by atoms with van der Waals surface area (Å²) >= 11 is 0. The highest BCUT2D eigenvalue weighted by atomic mass is 16.5. The maximum Gasteiger partial charge on any atom is 0.0737 e. The standard InChI is InChI=1S/C15H21N3O/c1-2-5-15-13(4-1)12-19-11-3-10-18(15)17-14-6-8-16-9-7-14/h1-2,4-5,16H,3,6-12H2. The Morgan fingerprint density at radius 3 is 2.89 bits per heavy atom. The van der Waals surface area contributed by atoms with Crippen LogP contribution in [0.1, 0.15) is 24.8 Å². The molecule has 2 aliphatic heterocycles. The highest BCUT2D eigenvalue weighted by Crippen LogP contribution is 2.24. The zero-order chi connectivity index (χ0) is 12.9. The SMILES string of the molecule is c1ccc2c(c1)COCCCN2N=C1CCNCC1. The Balaban J connectivity index is 1.87. The third-order valence-electron chi connectivity index (χ3n) is 3.63. The molecule has 0 aromatic heterocycles. The summed E-state index contributed by atoms with van der Waals surface area (Å²) in [6, 6.07) is 8.43. The maximum absolute atomic E-state index is 5.65. The monoisotopic (exact) mass is 259 g/mol. The van der Waals surface area contributed by atoms with Crippen LogP contribution in [0.25, 0.3) is 0 Å². The lowest BCUT2D eigenvalue weighted by Gasteiger charge is -2.26. The Kier molecular flexibility index (Phi) is 4.10. The van der Waals surface area contributed by atoms with Gasteiger partial charge in [-0.15, -0.1) is 0 Å². The van der Waals surface area contributed by atoms with Crippen molar-refractivity contribution in [2.45, 2.75) is 25.9 Å². The van der Waals surface area contributed by atoms with E-state index in [1.165, 1.54) is 17.0 Å². The predicted octanol–water partition coefficient (Wildman–Crippen LogP) is 2.15. The maximum atomic E-state index is 5.65. The molecule has 0 bridgehead atoms. The molecular weight excluding hydrogens is 238 g/mol. The molecule has 1 saturated heterocycles. The molecule has 1 aromatic rings. The van der Waals surface area contributed by atoms with E-state index in [2.05, 4.69) is 34.6 Å². The Morgan fingerprint density at radius 1 is 1.16 bits per heavy atom. The molecule has 0 atom stereocenters. The average Bonchev–Trinajstić information content (AvgIpc) is 2.45. The molecule has 102 valence electrons. The zero-order valence-electron chi connectivity index (χ0n) is 11.3. The van der Waals surface area contributed by atoms with Gasteiger partial charge in [-0.3, -0.25) is 5.01 Å². The average molecular weight is 259 g/mol. The summed E-state index contributed by atoms with van der Waals surface area (Å²) in [6.07, 6.45) is 3.16. The minimum atomic E-state index is 0.694. The summed E-state index contributed by atoms with van der Waals surface area (Å²) in [5, 5.41) is 10.4. The van der Waals surface area contributed by atoms with Crippen molar-refractivity contribution in [3.05, 3.63) is 29.8 Å². The highest BCUT2D eigenvalue weighted by molar-refractivity contribution is 5.86. The van der Waals surface area contributed by atoms with Crippen LogP contribution in [0.15, 0.2) is 29.4 Å². The van der Waals surface area contributed by atoms with Gasteiger partial charge in [0, 0.05) is 50.4 Å². The van der Waals surface area contributed by atoms with E-state index in [4.69, 9.17) is 9.84 Å². The Hall–Kier alpha value is -1.39. The lowest BCUT2D eigenvalue weighted by atomic mass is 10.1. The van der Waals surface area contributed by atoms with Crippen LogP contribution in [0.2, 0.25) is 0 Å². The minimum absolute atomic E-state index is 0.694. The number of hydrazone groups is 1. The van der Waals surface area contributed by atoms with Gasteiger partial charge in [0.1, 0.15) is 0 Å². The second-order valence-corrected chi connectivity index (χ2v) is 5.07. The van der Waals surface area contributed by atoms with Crippen LogP contribution in [0.4, 0.5) is 5.69 Å². The predicted molar refractivity (Wildman–Crippen MR) is 77.6 cm³/mol. The van der Waals surface area contributed by atoms with Gasteiger partial charge in [0.25, 0.3) is 0 Å². The van der Waals surface area contributed by atoms with Gasteiger partial charge in [-0.2, -0.15) is 5.10 Å². The second kappa shape index (κ2) is 6.17. The summed E-state index contributed by atoms with van der Waals surface area (Å²) in [6.45, 7) is 4.55. The number of benzene rings is 1.